The van der Waals surface area contributed by atoms with Gasteiger partial charge in [0.1, 0.15) is 0 Å². The molecule has 0 radical (unpaired) electrons. The highest BCUT2D eigenvalue weighted by molar-refractivity contribution is 5.33. The minimum absolute atomic E-state index is 0.389. The first-order chi connectivity index (χ1) is 6.57. The number of rotatable bonds is 0. The number of fused-ring (bicyclic) bond motifs is 1. The minimum atomic E-state index is 0.389. The zero-order valence-corrected chi connectivity index (χ0v) is 9.35. The highest BCUT2D eigenvalue weighted by Crippen LogP contribution is 2.26. The van der Waals surface area contributed by atoms with Gasteiger partial charge in [0.15, 0.2) is 0 Å². The molecule has 0 amide bonds. The lowest BCUT2D eigenvalue weighted by molar-refractivity contribution is 0.349. The summed E-state index contributed by atoms with van der Waals surface area (Å²) < 4.78 is 0. The van der Waals surface area contributed by atoms with Crippen molar-refractivity contribution in [3.63, 3.8) is 0 Å². The largest absolute Gasteiger partial charge is 0.312 e. The predicted molar refractivity (Wildman–Crippen MR) is 60.4 cm³/mol. The van der Waals surface area contributed by atoms with Crippen molar-refractivity contribution in [2.75, 3.05) is 6.54 Å². The summed E-state index contributed by atoms with van der Waals surface area (Å²) in [7, 11) is 0. The lowest BCUT2D eigenvalue weighted by Crippen LogP contribution is -2.27. The molecule has 1 heteroatoms. The van der Waals surface area contributed by atoms with E-state index >= 15 is 0 Å². The molecule has 14 heavy (non-hydrogen) atoms. The van der Waals surface area contributed by atoms with Crippen molar-refractivity contribution < 1.29 is 0 Å². The molecule has 1 aliphatic rings. The van der Waals surface area contributed by atoms with E-state index in [2.05, 4.69) is 44.3 Å². The van der Waals surface area contributed by atoms with Crippen molar-refractivity contribution >= 4 is 0 Å². The van der Waals surface area contributed by atoms with E-state index in [9.17, 15) is 0 Å². The summed E-state index contributed by atoms with van der Waals surface area (Å²) in [6.07, 6.45) is 1.19. The Morgan fingerprint density at radius 1 is 1.21 bits per heavy atom. The summed E-state index contributed by atoms with van der Waals surface area (Å²) >= 11 is 0. The molecule has 0 atom stereocenters. The summed E-state index contributed by atoms with van der Waals surface area (Å²) in [5, 5.41) is 3.52. The van der Waals surface area contributed by atoms with Crippen LogP contribution in [0.15, 0.2) is 18.2 Å². The van der Waals surface area contributed by atoms with Crippen molar-refractivity contribution in [3.8, 4) is 0 Å². The van der Waals surface area contributed by atoms with E-state index in [0.717, 1.165) is 13.1 Å². The number of aryl methyl sites for hydroxylation is 1. The smallest absolute Gasteiger partial charge is 0.0208 e. The Labute approximate surface area is 86.5 Å². The molecule has 0 aromatic heterocycles. The monoisotopic (exact) mass is 189 g/mol. The van der Waals surface area contributed by atoms with Gasteiger partial charge in [-0.05, 0) is 29.9 Å². The van der Waals surface area contributed by atoms with Gasteiger partial charge in [-0.25, -0.2) is 0 Å². The van der Waals surface area contributed by atoms with E-state index in [1.807, 2.05) is 0 Å². The van der Waals surface area contributed by atoms with Gasteiger partial charge in [0.25, 0.3) is 0 Å². The molecule has 0 unspecified atom stereocenters. The molecule has 0 fully saturated rings. The second kappa shape index (κ2) is 3.39. The van der Waals surface area contributed by atoms with Crippen molar-refractivity contribution in [1.82, 2.24) is 5.32 Å². The van der Waals surface area contributed by atoms with Crippen molar-refractivity contribution in [1.29, 1.82) is 0 Å². The predicted octanol–water partition coefficient (Wildman–Crippen LogP) is 2.67. The Bertz CT molecular complexity index is 339. The molecule has 1 aromatic carbocycles. The molecule has 0 saturated heterocycles. The second-order valence-electron chi connectivity index (χ2n) is 5.22. The molecule has 76 valence electrons. The topological polar surface area (TPSA) is 12.0 Å². The minimum Gasteiger partial charge on any atom is -0.312 e. The Kier molecular flexibility index (Phi) is 2.36. The molecule has 1 aromatic rings. The summed E-state index contributed by atoms with van der Waals surface area (Å²) in [6.45, 7) is 8.96. The third-order valence-electron chi connectivity index (χ3n) is 2.95. The van der Waals surface area contributed by atoms with E-state index in [1.165, 1.54) is 23.1 Å². The number of hydrogen-bond donors (Lipinski definition) is 1. The SMILES string of the molecule is Cc1ccc2c(c1)CNCC(C)(C)C2. The average Bonchev–Trinajstić information content (AvgIpc) is 2.22. The van der Waals surface area contributed by atoms with Gasteiger partial charge in [0.05, 0.1) is 0 Å². The molecule has 0 saturated carbocycles. The van der Waals surface area contributed by atoms with Gasteiger partial charge >= 0.3 is 0 Å². The van der Waals surface area contributed by atoms with Crippen LogP contribution in [0.5, 0.6) is 0 Å². The van der Waals surface area contributed by atoms with Gasteiger partial charge in [0.2, 0.25) is 0 Å². The molecule has 0 bridgehead atoms. The van der Waals surface area contributed by atoms with Gasteiger partial charge in [-0.1, -0.05) is 37.6 Å². The molecule has 1 aliphatic heterocycles. The molecular weight excluding hydrogens is 170 g/mol. The van der Waals surface area contributed by atoms with E-state index < -0.39 is 0 Å². The molecule has 0 spiro atoms. The first-order valence-corrected chi connectivity index (χ1v) is 5.36. The Morgan fingerprint density at radius 2 is 2.00 bits per heavy atom. The lowest BCUT2D eigenvalue weighted by Gasteiger charge is -2.22. The Morgan fingerprint density at radius 3 is 2.79 bits per heavy atom. The molecule has 2 rings (SSSR count). The van der Waals surface area contributed by atoms with Gasteiger partial charge in [-0.2, -0.15) is 0 Å². The third-order valence-corrected chi connectivity index (χ3v) is 2.95. The molecule has 1 N–H and O–H groups in total. The normalized spacial score (nSPS) is 19.9. The lowest BCUT2D eigenvalue weighted by atomic mass is 9.85. The first-order valence-electron chi connectivity index (χ1n) is 5.36. The fourth-order valence-corrected chi connectivity index (χ4v) is 2.21. The summed E-state index contributed by atoms with van der Waals surface area (Å²) in [5.41, 5.74) is 4.76. The third kappa shape index (κ3) is 1.98. The van der Waals surface area contributed by atoms with Crippen LogP contribution in [0.1, 0.15) is 30.5 Å². The van der Waals surface area contributed by atoms with Crippen LogP contribution in [0.25, 0.3) is 0 Å². The standard InChI is InChI=1S/C13H19N/c1-10-4-5-11-7-13(2,3)9-14-8-12(11)6-10/h4-6,14H,7-9H2,1-3H3. The fourth-order valence-electron chi connectivity index (χ4n) is 2.21. The van der Waals surface area contributed by atoms with Gasteiger partial charge < -0.3 is 5.32 Å². The first kappa shape index (κ1) is 9.72. The number of hydrogen-bond acceptors (Lipinski definition) is 1. The maximum Gasteiger partial charge on any atom is 0.0208 e. The maximum absolute atomic E-state index is 3.52. The van der Waals surface area contributed by atoms with E-state index in [4.69, 9.17) is 0 Å². The van der Waals surface area contributed by atoms with Gasteiger partial charge in [0, 0.05) is 13.1 Å². The Balaban J connectivity index is 2.37. The van der Waals surface area contributed by atoms with Crippen molar-refractivity contribution in [3.05, 3.63) is 34.9 Å². The molecule has 0 aliphatic carbocycles. The molecule has 1 nitrogen and oxygen atoms in total. The highest BCUT2D eigenvalue weighted by Gasteiger charge is 2.22. The van der Waals surface area contributed by atoms with Gasteiger partial charge in [-0.15, -0.1) is 0 Å². The number of benzene rings is 1. The number of nitrogens with one attached hydrogen (secondary N) is 1. The highest BCUT2D eigenvalue weighted by atomic mass is 14.9. The van der Waals surface area contributed by atoms with Crippen molar-refractivity contribution in [2.45, 2.75) is 33.7 Å². The second-order valence-corrected chi connectivity index (χ2v) is 5.22. The van der Waals surface area contributed by atoms with E-state index in [1.54, 1.807) is 0 Å². The zero-order valence-electron chi connectivity index (χ0n) is 9.35. The summed E-state index contributed by atoms with van der Waals surface area (Å²) in [6, 6.07) is 6.82. The molecule has 1 heterocycles. The van der Waals surface area contributed by atoms with Crippen LogP contribution in [0, 0.1) is 12.3 Å². The van der Waals surface area contributed by atoms with Crippen LogP contribution < -0.4 is 5.32 Å². The molecular formula is C13H19N. The average molecular weight is 189 g/mol. The quantitative estimate of drug-likeness (QED) is 0.661. The van der Waals surface area contributed by atoms with Crippen LogP contribution in [0.3, 0.4) is 0 Å². The zero-order chi connectivity index (χ0) is 10.2. The summed E-state index contributed by atoms with van der Waals surface area (Å²) in [5.74, 6) is 0. The Hall–Kier alpha value is -0.820. The van der Waals surface area contributed by atoms with E-state index in [-0.39, 0.29) is 0 Å². The van der Waals surface area contributed by atoms with Crippen LogP contribution in [-0.2, 0) is 13.0 Å². The van der Waals surface area contributed by atoms with Crippen molar-refractivity contribution in [2.24, 2.45) is 5.41 Å². The van der Waals surface area contributed by atoms with Crippen LogP contribution in [-0.4, -0.2) is 6.54 Å². The van der Waals surface area contributed by atoms with E-state index in [0.29, 0.717) is 5.41 Å². The van der Waals surface area contributed by atoms with Crippen LogP contribution >= 0.6 is 0 Å². The van der Waals surface area contributed by atoms with Crippen LogP contribution in [0.2, 0.25) is 0 Å². The maximum atomic E-state index is 3.52. The summed E-state index contributed by atoms with van der Waals surface area (Å²) in [4.78, 5) is 0. The van der Waals surface area contributed by atoms with Gasteiger partial charge in [-0.3, -0.25) is 0 Å². The van der Waals surface area contributed by atoms with Crippen LogP contribution in [0.4, 0.5) is 0 Å². The fraction of sp³-hybridized carbons (Fsp3) is 0.538.